The highest BCUT2D eigenvalue weighted by atomic mass is 31.3. The molecule has 5 aromatic rings. The lowest BCUT2D eigenvalue weighted by molar-refractivity contribution is -0.645. The number of pyridine rings is 1. The fourth-order valence-corrected chi connectivity index (χ4v) is 10.1. The minimum Gasteiger partial charge on any atom is -0.756 e. The number of carbonyl (C=O) groups is 1. The highest BCUT2D eigenvalue weighted by molar-refractivity contribution is 7.66. The van der Waals surface area contributed by atoms with E-state index in [9.17, 15) is 48.2 Å². The molecular weight excluding hydrogens is 855 g/mol. The number of phosphoric ester groups is 2. The molecule has 3 aromatic heterocycles. The number of aliphatic hydroxyl groups is 2. The van der Waals surface area contributed by atoms with E-state index < -0.39 is 66.8 Å². The van der Waals surface area contributed by atoms with Crippen LogP contribution in [0.1, 0.15) is 44.8 Å². The Kier molecular flexibility index (Phi) is 14.1. The first kappa shape index (κ1) is 45.2. The molecular formula is C33H44N9O15P3. The highest BCUT2D eigenvalue weighted by Crippen LogP contribution is 2.66. The molecule has 60 heavy (non-hydrogen) atoms. The molecule has 3 unspecified atom stereocenters. The average Bonchev–Trinajstić information content (AvgIpc) is 3.70. The van der Waals surface area contributed by atoms with E-state index in [0.717, 1.165) is 32.7 Å². The van der Waals surface area contributed by atoms with Gasteiger partial charge in [-0.25, -0.2) is 18.4 Å². The van der Waals surface area contributed by atoms with Gasteiger partial charge in [-0.3, -0.25) is 28.2 Å². The molecule has 2 aromatic carbocycles. The van der Waals surface area contributed by atoms with Crippen LogP contribution >= 0.6 is 23.5 Å². The molecule has 0 radical (unpaired) electrons. The van der Waals surface area contributed by atoms with Gasteiger partial charge in [-0.1, -0.05) is 12.8 Å². The smallest absolute Gasteiger partial charge is 0.487 e. The summed E-state index contributed by atoms with van der Waals surface area (Å²) in [5, 5.41) is 25.8. The van der Waals surface area contributed by atoms with Gasteiger partial charge in [0.2, 0.25) is 22.9 Å². The summed E-state index contributed by atoms with van der Waals surface area (Å²) < 4.78 is 62.8. The number of nitrogens with one attached hydrogen (secondary N) is 2. The van der Waals surface area contributed by atoms with E-state index >= 15 is 0 Å². The lowest BCUT2D eigenvalue weighted by atomic mass is 10.1. The van der Waals surface area contributed by atoms with Crippen molar-refractivity contribution >= 4 is 79.7 Å². The number of aryl methyl sites for hydroxylation is 1. The number of H-pyrrole nitrogens is 1. The summed E-state index contributed by atoms with van der Waals surface area (Å²) in [4.78, 5) is 66.7. The van der Waals surface area contributed by atoms with E-state index in [4.69, 9.17) is 21.9 Å². The third-order valence-electron chi connectivity index (χ3n) is 9.30. The van der Waals surface area contributed by atoms with Crippen LogP contribution in [0.25, 0.3) is 33.0 Å². The predicted molar refractivity (Wildman–Crippen MR) is 211 cm³/mol. The lowest BCUT2D eigenvalue weighted by Crippen LogP contribution is -2.36. The molecule has 0 saturated carbocycles. The second-order valence-electron chi connectivity index (χ2n) is 13.8. The van der Waals surface area contributed by atoms with Gasteiger partial charge in [-0.15, -0.1) is 0 Å². The van der Waals surface area contributed by atoms with Gasteiger partial charge in [0, 0.05) is 53.7 Å². The van der Waals surface area contributed by atoms with E-state index in [1.807, 2.05) is 36.4 Å². The number of hydrogen-bond acceptors (Lipinski definition) is 18. The molecule has 0 bridgehead atoms. The number of carbonyl (C=O) groups excluding carboxylic acids is 1. The third kappa shape index (κ3) is 11.3. The van der Waals surface area contributed by atoms with Crippen LogP contribution in [-0.2, 0) is 47.4 Å². The monoisotopic (exact) mass is 899 g/mol. The standard InChI is InChI=1S/C33H44N9O15P3/c34-21-9-7-19-14-20-8-10-22(35)16-24(20)41(23(19)15-21)12-5-6-26(43)37-11-3-1-2-4-13-53-58(47,48)56-60(51,52)57-59(49,50)54-17-25-28(44)29(45)32(55-25)42-18-38-27-30(42)39-33(36)40-31(27)46/h7-10,14-16,18,25,28-29,32,44-45H,1-6,11-13,17H2,(H10,34,35,36,37,39,40,43,46,47,48,49,50,51,52)/t25-,28-,29-,32-/m1/s1. The van der Waals surface area contributed by atoms with E-state index in [1.165, 1.54) is 0 Å². The molecule has 1 amide bonds. The second-order valence-corrected chi connectivity index (χ2v) is 18.4. The molecule has 1 aliphatic heterocycles. The summed E-state index contributed by atoms with van der Waals surface area (Å²) in [7, 11) is -17.0. The van der Waals surface area contributed by atoms with Gasteiger partial charge in [0.25, 0.3) is 13.4 Å². The number of nitrogens with zero attached hydrogens (tertiary/aromatic N) is 4. The first-order valence-electron chi connectivity index (χ1n) is 18.4. The summed E-state index contributed by atoms with van der Waals surface area (Å²) in [5.74, 6) is -0.423. The Morgan fingerprint density at radius 2 is 1.58 bits per heavy atom. The Morgan fingerprint density at radius 1 is 0.917 bits per heavy atom. The van der Waals surface area contributed by atoms with E-state index in [0.29, 0.717) is 50.1 Å². The van der Waals surface area contributed by atoms with Gasteiger partial charge in [0.05, 0.1) is 19.5 Å². The summed E-state index contributed by atoms with van der Waals surface area (Å²) in [5.41, 5.74) is 19.8. The molecule has 326 valence electrons. The maximum Gasteiger partial charge on any atom is 0.487 e. The normalized spacial score (nSPS) is 21.2. The maximum absolute atomic E-state index is 12.5. The van der Waals surface area contributed by atoms with Crippen molar-refractivity contribution < 1.29 is 70.4 Å². The number of hydrogen-bond donors (Lipinski definition) is 9. The third-order valence-corrected chi connectivity index (χ3v) is 13.6. The molecule has 0 spiro atoms. The van der Waals surface area contributed by atoms with Gasteiger partial charge in [-0.05, 0) is 43.2 Å². The van der Waals surface area contributed by atoms with E-state index in [-0.39, 0.29) is 35.9 Å². The molecule has 6 rings (SSSR count). The molecule has 27 heteroatoms. The van der Waals surface area contributed by atoms with Crippen LogP contribution in [0.4, 0.5) is 17.3 Å². The fourth-order valence-electron chi connectivity index (χ4n) is 6.55. The number of unbranched alkanes of at least 4 members (excludes halogenated alkanes) is 3. The first-order chi connectivity index (χ1) is 28.3. The molecule has 0 aliphatic carbocycles. The summed E-state index contributed by atoms with van der Waals surface area (Å²) in [6, 6.07) is 13.4. The van der Waals surface area contributed by atoms with Crippen LogP contribution < -0.4 is 37.5 Å². The van der Waals surface area contributed by atoms with Crippen LogP contribution in [0, 0.1) is 0 Å². The largest absolute Gasteiger partial charge is 0.756 e. The Balaban J connectivity index is 0.866. The van der Waals surface area contributed by atoms with Crippen LogP contribution in [0.5, 0.6) is 0 Å². The summed E-state index contributed by atoms with van der Waals surface area (Å²) in [6.07, 6.45) is -2.88. The molecule has 12 N–H and O–H groups in total. The van der Waals surface area contributed by atoms with Crippen molar-refractivity contribution in [2.75, 3.05) is 37.0 Å². The van der Waals surface area contributed by atoms with Crippen molar-refractivity contribution in [2.24, 2.45) is 0 Å². The second kappa shape index (κ2) is 18.7. The number of fused-ring (bicyclic) bond motifs is 3. The number of ether oxygens (including phenoxy) is 1. The number of nitrogens with two attached hydrogens (primary N) is 3. The van der Waals surface area contributed by atoms with E-state index in [2.05, 4.69) is 48.6 Å². The zero-order valence-electron chi connectivity index (χ0n) is 31.6. The van der Waals surface area contributed by atoms with Gasteiger partial charge in [0.15, 0.2) is 17.4 Å². The summed E-state index contributed by atoms with van der Waals surface area (Å²) in [6.45, 7) is -0.580. The summed E-state index contributed by atoms with van der Waals surface area (Å²) >= 11 is 0. The first-order valence-corrected chi connectivity index (χ1v) is 22.9. The number of nitrogen functional groups attached to an aromatic ring is 3. The number of imidazole rings is 1. The number of amides is 1. The van der Waals surface area contributed by atoms with Gasteiger partial charge < -0.3 is 56.7 Å². The Morgan fingerprint density at radius 3 is 2.27 bits per heavy atom. The molecule has 7 atom stereocenters. The number of rotatable bonds is 20. The number of aromatic amines is 1. The predicted octanol–water partition coefficient (Wildman–Crippen LogP) is 0.972. The van der Waals surface area contributed by atoms with Gasteiger partial charge in [0.1, 0.15) is 24.9 Å². The molecule has 1 aliphatic rings. The minimum absolute atomic E-state index is 0.123. The number of phosphoric acid groups is 3. The Hall–Kier alpha value is -4.38. The molecule has 24 nitrogen and oxygen atoms in total. The molecule has 4 heterocycles. The quantitative estimate of drug-likeness (QED) is 0.0173. The minimum atomic E-state index is -5.85. The van der Waals surface area contributed by atoms with E-state index in [1.54, 1.807) is 0 Å². The van der Waals surface area contributed by atoms with Gasteiger partial charge in [-0.2, -0.15) is 13.9 Å². The lowest BCUT2D eigenvalue weighted by Gasteiger charge is -2.25. The highest BCUT2D eigenvalue weighted by Gasteiger charge is 2.46. The van der Waals surface area contributed by atoms with Crippen LogP contribution in [0.15, 0.2) is 53.6 Å². The van der Waals surface area contributed by atoms with Crippen molar-refractivity contribution in [1.29, 1.82) is 0 Å². The Bertz CT molecular complexity index is 2520. The van der Waals surface area contributed by atoms with Crippen LogP contribution in [0.3, 0.4) is 0 Å². The average molecular weight is 900 g/mol. The zero-order chi connectivity index (χ0) is 43.4. The maximum atomic E-state index is 12.5. The molecule has 1 saturated heterocycles. The Labute approximate surface area is 340 Å². The van der Waals surface area contributed by atoms with Crippen LogP contribution in [-0.4, -0.2) is 83.5 Å². The number of benzene rings is 2. The van der Waals surface area contributed by atoms with Crippen molar-refractivity contribution in [3.63, 3.8) is 0 Å². The van der Waals surface area contributed by atoms with Crippen molar-refractivity contribution in [1.82, 2.24) is 24.8 Å². The van der Waals surface area contributed by atoms with Crippen molar-refractivity contribution in [3.8, 4) is 0 Å². The SMILES string of the molecule is Nc1ccc2cc3ccc(N)cc3[n+](CCCC(=O)NCCCCCCOP(=O)([O-])OP(=O)(O)OP(=O)(O)OC[C@H]3O[C@@H](n4cnc5c(=O)[nH]c(N)nc54)[C@H](O)[C@@H]3O)c2c1. The topological polar surface area (TPSA) is 376 Å². The zero-order valence-corrected chi connectivity index (χ0v) is 34.3. The van der Waals surface area contributed by atoms with Crippen LogP contribution in [0.2, 0.25) is 0 Å². The number of aromatic nitrogens is 5. The van der Waals surface area contributed by atoms with Crippen molar-refractivity contribution in [3.05, 3.63) is 59.1 Å². The van der Waals surface area contributed by atoms with Crippen molar-refractivity contribution in [2.45, 2.75) is 69.6 Å². The van der Waals surface area contributed by atoms with Gasteiger partial charge >= 0.3 is 15.6 Å². The molecule has 1 fully saturated rings. The fraction of sp³-hybridized carbons (Fsp3) is 0.424. The number of aliphatic hydroxyl groups excluding tert-OH is 2. The number of anilines is 3.